The molecule has 0 aliphatic heterocycles. The van der Waals surface area contributed by atoms with E-state index >= 15 is 0 Å². The van der Waals surface area contributed by atoms with Crippen molar-refractivity contribution in [3.63, 3.8) is 0 Å². The van der Waals surface area contributed by atoms with E-state index in [0.717, 1.165) is 13.2 Å². The summed E-state index contributed by atoms with van der Waals surface area (Å²) in [5.41, 5.74) is 0. The van der Waals surface area contributed by atoms with Gasteiger partial charge in [-0.25, -0.2) is 0 Å². The van der Waals surface area contributed by atoms with Gasteiger partial charge in [-0.2, -0.15) is 0 Å². The summed E-state index contributed by atoms with van der Waals surface area (Å²) in [6.45, 7) is 8.62. The van der Waals surface area contributed by atoms with Crippen molar-refractivity contribution in [1.82, 2.24) is 10.2 Å². The first-order valence-corrected chi connectivity index (χ1v) is 5.67. The fourth-order valence-corrected chi connectivity index (χ4v) is 1.77. The van der Waals surface area contributed by atoms with Crippen LogP contribution in [0.1, 0.15) is 26.7 Å². The number of likely N-dealkylation sites (N-methyl/N-ethyl adjacent to an activating group) is 1. The first kappa shape index (κ1) is 13.9. The molecule has 1 unspecified atom stereocenters. The maximum Gasteiger partial charge on any atom is 0.0630 e. The van der Waals surface area contributed by atoms with Crippen molar-refractivity contribution in [3.8, 4) is 0 Å². The Morgan fingerprint density at radius 2 is 1.79 bits per heavy atom. The molecule has 0 heterocycles. The monoisotopic (exact) mass is 202 g/mol. The molecule has 0 saturated heterocycles. The second kappa shape index (κ2) is 9.44. The number of hydrogen-bond acceptors (Lipinski definition) is 3. The van der Waals surface area contributed by atoms with Crippen LogP contribution in [-0.4, -0.2) is 51.3 Å². The topological polar surface area (TPSA) is 24.5 Å². The smallest absolute Gasteiger partial charge is 0.0630 e. The average molecular weight is 202 g/mol. The Morgan fingerprint density at radius 1 is 1.21 bits per heavy atom. The highest BCUT2D eigenvalue weighted by atomic mass is 16.5. The lowest BCUT2D eigenvalue weighted by Gasteiger charge is -2.30. The van der Waals surface area contributed by atoms with Crippen LogP contribution in [0.2, 0.25) is 0 Å². The zero-order valence-corrected chi connectivity index (χ0v) is 10.2. The molecule has 3 heteroatoms. The van der Waals surface area contributed by atoms with E-state index in [-0.39, 0.29) is 0 Å². The molecule has 0 amide bonds. The number of nitrogens with zero attached hydrogens (tertiary/aromatic N) is 1. The number of nitrogens with one attached hydrogen (secondary N) is 1. The number of rotatable bonds is 9. The van der Waals surface area contributed by atoms with Crippen molar-refractivity contribution in [1.29, 1.82) is 0 Å². The summed E-state index contributed by atoms with van der Waals surface area (Å²) in [5.74, 6) is 0. The summed E-state index contributed by atoms with van der Waals surface area (Å²) in [5, 5.41) is 3.23. The van der Waals surface area contributed by atoms with Crippen molar-refractivity contribution >= 4 is 0 Å². The summed E-state index contributed by atoms with van der Waals surface area (Å²) in [7, 11) is 3.78. The maximum absolute atomic E-state index is 5.25. The Hall–Kier alpha value is -0.120. The molecule has 0 aliphatic carbocycles. The zero-order chi connectivity index (χ0) is 10.8. The third-order valence-electron chi connectivity index (χ3n) is 2.34. The second-order valence-corrected chi connectivity index (χ2v) is 3.70. The molecule has 3 nitrogen and oxygen atoms in total. The lowest BCUT2D eigenvalue weighted by atomic mass is 10.2. The minimum atomic E-state index is 0.518. The highest BCUT2D eigenvalue weighted by Gasteiger charge is 2.15. The highest BCUT2D eigenvalue weighted by Crippen LogP contribution is 2.02. The van der Waals surface area contributed by atoms with Crippen LogP contribution < -0.4 is 5.32 Å². The Balaban J connectivity index is 4.06. The molecule has 0 spiro atoms. The van der Waals surface area contributed by atoms with E-state index in [4.69, 9.17) is 4.74 Å². The fraction of sp³-hybridized carbons (Fsp3) is 1.00. The third-order valence-corrected chi connectivity index (χ3v) is 2.34. The lowest BCUT2D eigenvalue weighted by molar-refractivity contribution is 0.0899. The van der Waals surface area contributed by atoms with Crippen LogP contribution in [0.25, 0.3) is 0 Å². The average Bonchev–Trinajstić information content (AvgIpc) is 2.17. The van der Waals surface area contributed by atoms with E-state index in [1.807, 2.05) is 7.05 Å². The van der Waals surface area contributed by atoms with Crippen molar-refractivity contribution in [2.75, 3.05) is 40.4 Å². The lowest BCUT2D eigenvalue weighted by Crippen LogP contribution is -2.45. The van der Waals surface area contributed by atoms with Crippen LogP contribution in [0.15, 0.2) is 0 Å². The van der Waals surface area contributed by atoms with E-state index < -0.39 is 0 Å². The molecule has 0 rings (SSSR count). The largest absolute Gasteiger partial charge is 0.383 e. The van der Waals surface area contributed by atoms with Crippen molar-refractivity contribution in [3.05, 3.63) is 0 Å². The minimum Gasteiger partial charge on any atom is -0.383 e. The second-order valence-electron chi connectivity index (χ2n) is 3.70. The Bertz CT molecular complexity index is 93.9. The van der Waals surface area contributed by atoms with E-state index in [1.54, 1.807) is 7.11 Å². The molecule has 0 fully saturated rings. The fourth-order valence-electron chi connectivity index (χ4n) is 1.77. The quantitative estimate of drug-likeness (QED) is 0.611. The predicted octanol–water partition coefficient (Wildman–Crippen LogP) is 1.34. The summed E-state index contributed by atoms with van der Waals surface area (Å²) >= 11 is 0. The Labute approximate surface area is 88.8 Å². The Morgan fingerprint density at radius 3 is 2.14 bits per heavy atom. The van der Waals surface area contributed by atoms with Gasteiger partial charge in [0.2, 0.25) is 0 Å². The van der Waals surface area contributed by atoms with Crippen molar-refractivity contribution in [2.45, 2.75) is 32.7 Å². The SMILES string of the molecule is CCCN(CCC)C(CNC)COC. The van der Waals surface area contributed by atoms with Gasteiger partial charge >= 0.3 is 0 Å². The first-order chi connectivity index (χ1) is 6.79. The van der Waals surface area contributed by atoms with Gasteiger partial charge in [0.15, 0.2) is 0 Å². The first-order valence-electron chi connectivity index (χ1n) is 5.67. The van der Waals surface area contributed by atoms with Gasteiger partial charge in [-0.3, -0.25) is 4.90 Å². The summed E-state index contributed by atoms with van der Waals surface area (Å²) in [6.07, 6.45) is 2.42. The predicted molar refractivity (Wildman–Crippen MR) is 61.7 cm³/mol. The van der Waals surface area contributed by atoms with Crippen molar-refractivity contribution < 1.29 is 4.74 Å². The van der Waals surface area contributed by atoms with Crippen LogP contribution in [-0.2, 0) is 4.74 Å². The molecule has 14 heavy (non-hydrogen) atoms. The molecule has 0 aromatic heterocycles. The van der Waals surface area contributed by atoms with E-state index in [9.17, 15) is 0 Å². The standard InChI is InChI=1S/C11H26N2O/c1-5-7-13(8-6-2)11(9-12-3)10-14-4/h11-12H,5-10H2,1-4H3. The van der Waals surface area contributed by atoms with E-state index in [2.05, 4.69) is 24.1 Å². The number of ether oxygens (including phenoxy) is 1. The molecule has 86 valence electrons. The van der Waals surface area contributed by atoms with Crippen LogP contribution in [0.3, 0.4) is 0 Å². The summed E-state index contributed by atoms with van der Waals surface area (Å²) in [6, 6.07) is 0.518. The van der Waals surface area contributed by atoms with Gasteiger partial charge < -0.3 is 10.1 Å². The van der Waals surface area contributed by atoms with Crippen molar-refractivity contribution in [2.24, 2.45) is 0 Å². The van der Waals surface area contributed by atoms with Gasteiger partial charge in [0.25, 0.3) is 0 Å². The molecule has 0 radical (unpaired) electrons. The third kappa shape index (κ3) is 5.58. The van der Waals surface area contributed by atoms with Crippen LogP contribution >= 0.6 is 0 Å². The van der Waals surface area contributed by atoms with E-state index in [0.29, 0.717) is 6.04 Å². The van der Waals surface area contributed by atoms with Gasteiger partial charge in [-0.1, -0.05) is 13.8 Å². The summed E-state index contributed by atoms with van der Waals surface area (Å²) < 4.78 is 5.25. The molecular formula is C11H26N2O. The normalized spacial score (nSPS) is 13.5. The summed E-state index contributed by atoms with van der Waals surface area (Å²) in [4.78, 5) is 2.51. The molecule has 1 N–H and O–H groups in total. The Kier molecular flexibility index (Phi) is 9.35. The van der Waals surface area contributed by atoms with Gasteiger partial charge in [0.1, 0.15) is 0 Å². The highest BCUT2D eigenvalue weighted by molar-refractivity contribution is 4.72. The number of hydrogen-bond donors (Lipinski definition) is 1. The van der Waals surface area contributed by atoms with Crippen LogP contribution in [0, 0.1) is 0 Å². The van der Waals surface area contributed by atoms with Gasteiger partial charge in [0.05, 0.1) is 6.61 Å². The minimum absolute atomic E-state index is 0.518. The molecule has 0 bridgehead atoms. The van der Waals surface area contributed by atoms with E-state index in [1.165, 1.54) is 25.9 Å². The number of methoxy groups -OCH3 is 1. The molecular weight excluding hydrogens is 176 g/mol. The maximum atomic E-state index is 5.25. The molecule has 1 atom stereocenters. The zero-order valence-electron chi connectivity index (χ0n) is 10.2. The van der Waals surface area contributed by atoms with Crippen LogP contribution in [0.4, 0.5) is 0 Å². The van der Waals surface area contributed by atoms with Gasteiger partial charge in [-0.05, 0) is 33.0 Å². The molecule has 0 saturated carbocycles. The van der Waals surface area contributed by atoms with Gasteiger partial charge in [0, 0.05) is 19.7 Å². The van der Waals surface area contributed by atoms with Crippen LogP contribution in [0.5, 0.6) is 0 Å². The molecule has 0 aromatic carbocycles. The molecule has 0 aliphatic rings. The molecule has 0 aromatic rings. The van der Waals surface area contributed by atoms with Gasteiger partial charge in [-0.15, -0.1) is 0 Å².